The minimum absolute atomic E-state index is 0.575. The van der Waals surface area contributed by atoms with Crippen LogP contribution in [0.2, 0.25) is 0 Å². The van der Waals surface area contributed by atoms with Crippen LogP contribution in [0.3, 0.4) is 0 Å². The second-order valence-electron chi connectivity index (χ2n) is 4.04. The molecule has 0 bridgehead atoms. The molecular formula is C15H15Cl. The quantitative estimate of drug-likeness (QED) is 0.656. The average molecular weight is 231 g/mol. The van der Waals surface area contributed by atoms with Gasteiger partial charge in [-0.15, -0.1) is 11.6 Å². The largest absolute Gasteiger partial charge is 0.122 e. The Morgan fingerprint density at radius 3 is 2.25 bits per heavy atom. The molecule has 0 radical (unpaired) electrons. The first-order valence-corrected chi connectivity index (χ1v) is 5.98. The summed E-state index contributed by atoms with van der Waals surface area (Å²) in [7, 11) is 0. The highest BCUT2D eigenvalue weighted by molar-refractivity contribution is 6.17. The fourth-order valence-corrected chi connectivity index (χ4v) is 2.28. The van der Waals surface area contributed by atoms with E-state index in [0.29, 0.717) is 5.88 Å². The van der Waals surface area contributed by atoms with Crippen molar-refractivity contribution in [3.8, 4) is 11.1 Å². The molecule has 0 aliphatic heterocycles. The first-order valence-electron chi connectivity index (χ1n) is 5.44. The molecule has 2 aromatic rings. The molecule has 0 aromatic heterocycles. The Kier molecular flexibility index (Phi) is 3.31. The second kappa shape index (κ2) is 4.71. The van der Waals surface area contributed by atoms with Gasteiger partial charge in [-0.1, -0.05) is 42.5 Å². The maximum absolute atomic E-state index is 5.93. The van der Waals surface area contributed by atoms with Gasteiger partial charge in [0.25, 0.3) is 0 Å². The Hall–Kier alpha value is -1.27. The van der Waals surface area contributed by atoms with E-state index in [4.69, 9.17) is 11.6 Å². The molecule has 0 amide bonds. The van der Waals surface area contributed by atoms with Crippen molar-refractivity contribution >= 4 is 11.6 Å². The van der Waals surface area contributed by atoms with Gasteiger partial charge in [0.2, 0.25) is 0 Å². The maximum Gasteiger partial charge on any atom is 0.0476 e. The third-order valence-electron chi connectivity index (χ3n) is 3.03. The van der Waals surface area contributed by atoms with Crippen LogP contribution < -0.4 is 0 Å². The zero-order valence-corrected chi connectivity index (χ0v) is 10.4. The lowest BCUT2D eigenvalue weighted by molar-refractivity contribution is 1.29. The van der Waals surface area contributed by atoms with Gasteiger partial charge in [0, 0.05) is 5.88 Å². The first kappa shape index (κ1) is 11.2. The van der Waals surface area contributed by atoms with Crippen LogP contribution in [0, 0.1) is 13.8 Å². The molecule has 0 saturated heterocycles. The van der Waals surface area contributed by atoms with Crippen molar-refractivity contribution in [2.24, 2.45) is 0 Å². The third kappa shape index (κ3) is 1.98. The van der Waals surface area contributed by atoms with E-state index in [1.54, 1.807) is 0 Å². The summed E-state index contributed by atoms with van der Waals surface area (Å²) in [6.07, 6.45) is 0. The molecule has 0 unspecified atom stereocenters. The van der Waals surface area contributed by atoms with E-state index >= 15 is 0 Å². The van der Waals surface area contributed by atoms with E-state index < -0.39 is 0 Å². The molecule has 0 heterocycles. The Bertz CT molecular complexity index is 501. The van der Waals surface area contributed by atoms with Gasteiger partial charge in [0.15, 0.2) is 0 Å². The number of aryl methyl sites for hydroxylation is 1. The predicted octanol–water partition coefficient (Wildman–Crippen LogP) is 4.71. The zero-order valence-electron chi connectivity index (χ0n) is 9.63. The van der Waals surface area contributed by atoms with Gasteiger partial charge in [-0.05, 0) is 41.7 Å². The van der Waals surface area contributed by atoms with Crippen LogP contribution in [0.1, 0.15) is 16.7 Å². The molecule has 0 atom stereocenters. The average Bonchev–Trinajstić information content (AvgIpc) is 2.31. The van der Waals surface area contributed by atoms with E-state index in [2.05, 4.69) is 56.3 Å². The van der Waals surface area contributed by atoms with Gasteiger partial charge in [-0.25, -0.2) is 0 Å². The highest BCUT2D eigenvalue weighted by atomic mass is 35.5. The molecule has 2 aromatic carbocycles. The first-order chi connectivity index (χ1) is 7.74. The van der Waals surface area contributed by atoms with Gasteiger partial charge in [-0.3, -0.25) is 0 Å². The number of rotatable bonds is 2. The van der Waals surface area contributed by atoms with Gasteiger partial charge in [-0.2, -0.15) is 0 Å². The van der Waals surface area contributed by atoms with Crippen molar-refractivity contribution in [2.75, 3.05) is 0 Å². The molecule has 0 fully saturated rings. The molecule has 1 heteroatoms. The summed E-state index contributed by atoms with van der Waals surface area (Å²) in [6, 6.07) is 14.8. The molecule has 0 nitrogen and oxygen atoms in total. The molecule has 0 N–H and O–H groups in total. The van der Waals surface area contributed by atoms with Crippen LogP contribution in [-0.4, -0.2) is 0 Å². The molecule has 0 aliphatic carbocycles. The standard InChI is InChI=1S/C15H15Cl/c1-11-6-3-4-8-14(11)15-9-5-7-13(10-16)12(15)2/h3-9H,10H2,1-2H3. The molecule has 0 aliphatic rings. The Morgan fingerprint density at radius 2 is 1.56 bits per heavy atom. The topological polar surface area (TPSA) is 0 Å². The number of alkyl halides is 1. The Labute approximate surface area is 102 Å². The summed E-state index contributed by atoms with van der Waals surface area (Å²) in [6.45, 7) is 4.28. The number of hydrogen-bond donors (Lipinski definition) is 0. The second-order valence-corrected chi connectivity index (χ2v) is 4.31. The highest BCUT2D eigenvalue weighted by Gasteiger charge is 2.06. The van der Waals surface area contributed by atoms with Gasteiger partial charge in [0.05, 0.1) is 0 Å². The molecule has 16 heavy (non-hydrogen) atoms. The summed E-state index contributed by atoms with van der Waals surface area (Å²) in [5.74, 6) is 0.575. The number of benzene rings is 2. The van der Waals surface area contributed by atoms with Gasteiger partial charge >= 0.3 is 0 Å². The lowest BCUT2D eigenvalue weighted by atomic mass is 9.94. The lowest BCUT2D eigenvalue weighted by Crippen LogP contribution is -1.91. The highest BCUT2D eigenvalue weighted by Crippen LogP contribution is 2.28. The summed E-state index contributed by atoms with van der Waals surface area (Å²) in [5.41, 5.74) is 6.38. The summed E-state index contributed by atoms with van der Waals surface area (Å²) >= 11 is 5.93. The third-order valence-corrected chi connectivity index (χ3v) is 3.31. The van der Waals surface area contributed by atoms with E-state index in [1.165, 1.54) is 27.8 Å². The van der Waals surface area contributed by atoms with Crippen molar-refractivity contribution in [1.29, 1.82) is 0 Å². The van der Waals surface area contributed by atoms with E-state index in [9.17, 15) is 0 Å². The van der Waals surface area contributed by atoms with Gasteiger partial charge in [0.1, 0.15) is 0 Å². The minimum atomic E-state index is 0.575. The van der Waals surface area contributed by atoms with Crippen molar-refractivity contribution in [2.45, 2.75) is 19.7 Å². The van der Waals surface area contributed by atoms with Crippen LogP contribution in [-0.2, 0) is 5.88 Å². The predicted molar refractivity (Wildman–Crippen MR) is 70.9 cm³/mol. The van der Waals surface area contributed by atoms with Crippen LogP contribution >= 0.6 is 11.6 Å². The summed E-state index contributed by atoms with van der Waals surface area (Å²) in [4.78, 5) is 0. The van der Waals surface area contributed by atoms with Crippen molar-refractivity contribution in [3.63, 3.8) is 0 Å². The SMILES string of the molecule is Cc1ccccc1-c1cccc(CCl)c1C. The number of hydrogen-bond acceptors (Lipinski definition) is 0. The normalized spacial score (nSPS) is 10.4. The maximum atomic E-state index is 5.93. The molecule has 0 saturated carbocycles. The molecule has 2 rings (SSSR count). The monoisotopic (exact) mass is 230 g/mol. The fourth-order valence-electron chi connectivity index (χ4n) is 2.00. The molecule has 0 spiro atoms. The van der Waals surface area contributed by atoms with Crippen LogP contribution in [0.25, 0.3) is 11.1 Å². The van der Waals surface area contributed by atoms with E-state index in [-0.39, 0.29) is 0 Å². The van der Waals surface area contributed by atoms with Crippen LogP contribution in [0.5, 0.6) is 0 Å². The summed E-state index contributed by atoms with van der Waals surface area (Å²) in [5, 5.41) is 0. The van der Waals surface area contributed by atoms with Crippen LogP contribution in [0.4, 0.5) is 0 Å². The minimum Gasteiger partial charge on any atom is -0.122 e. The summed E-state index contributed by atoms with van der Waals surface area (Å²) < 4.78 is 0. The van der Waals surface area contributed by atoms with Crippen molar-refractivity contribution in [3.05, 3.63) is 59.2 Å². The van der Waals surface area contributed by atoms with E-state index in [0.717, 1.165) is 0 Å². The van der Waals surface area contributed by atoms with Crippen molar-refractivity contribution < 1.29 is 0 Å². The fraction of sp³-hybridized carbons (Fsp3) is 0.200. The number of halogens is 1. The Morgan fingerprint density at radius 1 is 0.875 bits per heavy atom. The molecular weight excluding hydrogens is 216 g/mol. The molecule has 82 valence electrons. The van der Waals surface area contributed by atoms with Crippen LogP contribution in [0.15, 0.2) is 42.5 Å². The lowest BCUT2D eigenvalue weighted by Gasteiger charge is -2.11. The van der Waals surface area contributed by atoms with Gasteiger partial charge < -0.3 is 0 Å². The smallest absolute Gasteiger partial charge is 0.0476 e. The van der Waals surface area contributed by atoms with Crippen molar-refractivity contribution in [1.82, 2.24) is 0 Å². The Balaban J connectivity index is 2.61. The zero-order chi connectivity index (χ0) is 11.5. The van der Waals surface area contributed by atoms with E-state index in [1.807, 2.05) is 0 Å².